The summed E-state index contributed by atoms with van der Waals surface area (Å²) in [6, 6.07) is 12.6. The van der Waals surface area contributed by atoms with E-state index in [-0.39, 0.29) is 25.2 Å². The number of ether oxygens (including phenoxy) is 2. The van der Waals surface area contributed by atoms with E-state index < -0.39 is 11.8 Å². The van der Waals surface area contributed by atoms with Gasteiger partial charge in [0.2, 0.25) is 0 Å². The zero-order valence-electron chi connectivity index (χ0n) is 18.1. The zero-order valence-corrected chi connectivity index (χ0v) is 19.7. The smallest absolute Gasteiger partial charge is 0.329 e. The first kappa shape index (κ1) is 24.4. The largest absolute Gasteiger partial charge is 0.483 e. The van der Waals surface area contributed by atoms with Gasteiger partial charge in [-0.3, -0.25) is 14.4 Å². The number of benzene rings is 2. The molecule has 1 aliphatic heterocycles. The lowest BCUT2D eigenvalue weighted by atomic mass is 10.2. The maximum absolute atomic E-state index is 12.2. The summed E-state index contributed by atoms with van der Waals surface area (Å²) in [6.07, 6.45) is 3.08. The van der Waals surface area contributed by atoms with Gasteiger partial charge in [-0.2, -0.15) is 5.10 Å². The van der Waals surface area contributed by atoms with Crippen LogP contribution in [-0.4, -0.2) is 49.8 Å². The van der Waals surface area contributed by atoms with Crippen LogP contribution in [-0.2, 0) is 19.1 Å². The van der Waals surface area contributed by atoms with Crippen molar-refractivity contribution in [2.45, 2.75) is 25.9 Å². The minimum Gasteiger partial charge on any atom is -0.483 e. The van der Waals surface area contributed by atoms with Crippen LogP contribution in [0, 0.1) is 6.92 Å². The second-order valence-electron chi connectivity index (χ2n) is 7.43. The van der Waals surface area contributed by atoms with Crippen molar-refractivity contribution >= 4 is 45.6 Å². The number of nitrogens with one attached hydrogen (secondary N) is 3. The normalized spacial score (nSPS) is 15.3. The molecule has 9 nitrogen and oxygen atoms in total. The Bertz CT molecular complexity index is 1040. The summed E-state index contributed by atoms with van der Waals surface area (Å²) in [4.78, 5) is 36.0. The Morgan fingerprint density at radius 2 is 2.06 bits per heavy atom. The third-order valence-electron chi connectivity index (χ3n) is 4.72. The first-order chi connectivity index (χ1) is 15.9. The summed E-state index contributed by atoms with van der Waals surface area (Å²) in [5.41, 5.74) is 4.40. The molecule has 0 spiro atoms. The fraction of sp³-hybridized carbons (Fsp3) is 0.304. The minimum absolute atomic E-state index is 0.0604. The van der Waals surface area contributed by atoms with Gasteiger partial charge < -0.3 is 20.1 Å². The predicted octanol–water partition coefficient (Wildman–Crippen LogP) is 2.52. The van der Waals surface area contributed by atoms with E-state index >= 15 is 0 Å². The van der Waals surface area contributed by atoms with E-state index in [4.69, 9.17) is 9.47 Å². The maximum Gasteiger partial charge on any atom is 0.329 e. The molecular weight excluding hydrogens is 492 g/mol. The van der Waals surface area contributed by atoms with Gasteiger partial charge in [-0.15, -0.1) is 0 Å². The maximum atomic E-state index is 12.2. The second kappa shape index (κ2) is 12.1. The Balaban J connectivity index is 1.51. The van der Waals surface area contributed by atoms with Crippen LogP contribution in [0.4, 0.5) is 5.69 Å². The molecule has 33 heavy (non-hydrogen) atoms. The highest BCUT2D eigenvalue weighted by Crippen LogP contribution is 2.22. The van der Waals surface area contributed by atoms with Crippen LogP contribution in [0.15, 0.2) is 52.0 Å². The molecule has 0 aliphatic carbocycles. The number of rotatable bonds is 8. The number of hydrogen-bond donors (Lipinski definition) is 3. The van der Waals surface area contributed by atoms with Gasteiger partial charge in [-0.25, -0.2) is 5.43 Å². The standard InChI is InChI=1S/C23H25BrN4O5/c1-15-4-2-5-18(10-15)27-21(29)14-33-20-8-7-17(24)11-16(20)12-26-28-23(31)22(30)25-13-19-6-3-9-32-19/h2,4-5,7-8,10-12,19H,3,6,9,13-14H2,1H3,(H,25,30)(H,27,29)(H,28,31)/b26-12-/t19-/m1/s1. The molecule has 1 fully saturated rings. The van der Waals surface area contributed by atoms with Crippen molar-refractivity contribution in [3.8, 4) is 5.75 Å². The quantitative estimate of drug-likeness (QED) is 0.283. The van der Waals surface area contributed by atoms with Crippen molar-refractivity contribution in [2.75, 3.05) is 25.1 Å². The van der Waals surface area contributed by atoms with Gasteiger partial charge in [0.25, 0.3) is 5.91 Å². The van der Waals surface area contributed by atoms with E-state index in [1.165, 1.54) is 6.21 Å². The summed E-state index contributed by atoms with van der Waals surface area (Å²) in [5, 5.41) is 9.12. The Labute approximate surface area is 200 Å². The van der Waals surface area contributed by atoms with Crippen LogP contribution in [0.5, 0.6) is 5.75 Å². The number of hydrazone groups is 1. The molecule has 10 heteroatoms. The molecular formula is C23H25BrN4O5. The molecule has 0 bridgehead atoms. The van der Waals surface area contributed by atoms with E-state index in [1.807, 2.05) is 25.1 Å². The van der Waals surface area contributed by atoms with Gasteiger partial charge in [0.05, 0.1) is 12.3 Å². The molecule has 2 aromatic carbocycles. The summed E-state index contributed by atoms with van der Waals surface area (Å²) in [5.74, 6) is -1.61. The number of carbonyl (C=O) groups excluding carboxylic acids is 3. The van der Waals surface area contributed by atoms with E-state index in [1.54, 1.807) is 24.3 Å². The van der Waals surface area contributed by atoms with Crippen LogP contribution in [0.25, 0.3) is 0 Å². The van der Waals surface area contributed by atoms with Crippen LogP contribution in [0.1, 0.15) is 24.0 Å². The van der Waals surface area contributed by atoms with Crippen LogP contribution in [0.3, 0.4) is 0 Å². The first-order valence-electron chi connectivity index (χ1n) is 10.4. The third-order valence-corrected chi connectivity index (χ3v) is 5.22. The van der Waals surface area contributed by atoms with Crippen LogP contribution < -0.4 is 20.8 Å². The molecule has 1 saturated heterocycles. The SMILES string of the molecule is Cc1cccc(NC(=O)COc2ccc(Br)cc2/C=N\NC(=O)C(=O)NC[C@H]2CCCO2)c1. The zero-order chi connectivity index (χ0) is 23.6. The fourth-order valence-corrected chi connectivity index (χ4v) is 3.50. The molecule has 1 atom stereocenters. The van der Waals surface area contributed by atoms with Crippen molar-refractivity contribution in [2.24, 2.45) is 5.10 Å². The molecule has 0 saturated carbocycles. The Hall–Kier alpha value is -3.24. The highest BCUT2D eigenvalue weighted by atomic mass is 79.9. The number of aryl methyl sites for hydroxylation is 1. The lowest BCUT2D eigenvalue weighted by Crippen LogP contribution is -2.41. The van der Waals surface area contributed by atoms with E-state index in [9.17, 15) is 14.4 Å². The number of amides is 3. The second-order valence-corrected chi connectivity index (χ2v) is 8.35. The molecule has 174 valence electrons. The van der Waals surface area contributed by atoms with Crippen molar-refractivity contribution in [1.82, 2.24) is 10.7 Å². The van der Waals surface area contributed by atoms with Crippen molar-refractivity contribution in [3.63, 3.8) is 0 Å². The highest BCUT2D eigenvalue weighted by molar-refractivity contribution is 9.10. The van der Waals surface area contributed by atoms with Gasteiger partial charge in [0, 0.05) is 28.9 Å². The third kappa shape index (κ3) is 7.99. The van der Waals surface area contributed by atoms with E-state index in [0.717, 1.165) is 22.9 Å². The molecule has 3 N–H and O–H groups in total. The van der Waals surface area contributed by atoms with Crippen LogP contribution >= 0.6 is 15.9 Å². The van der Waals surface area contributed by atoms with Gasteiger partial charge in [0.1, 0.15) is 5.75 Å². The average Bonchev–Trinajstić information content (AvgIpc) is 3.30. The summed E-state index contributed by atoms with van der Waals surface area (Å²) >= 11 is 3.36. The number of hydrogen-bond acceptors (Lipinski definition) is 6. The number of anilines is 1. The number of carbonyl (C=O) groups is 3. The topological polar surface area (TPSA) is 118 Å². The van der Waals surface area contributed by atoms with Gasteiger partial charge in [-0.05, 0) is 55.7 Å². The molecule has 1 heterocycles. The predicted molar refractivity (Wildman–Crippen MR) is 127 cm³/mol. The lowest BCUT2D eigenvalue weighted by Gasteiger charge is -2.11. The Morgan fingerprint density at radius 1 is 1.21 bits per heavy atom. The number of nitrogens with zero attached hydrogens (tertiary/aromatic N) is 1. The molecule has 0 aromatic heterocycles. The molecule has 1 aliphatic rings. The molecule has 3 amide bonds. The van der Waals surface area contributed by atoms with Crippen molar-refractivity contribution in [1.29, 1.82) is 0 Å². The Morgan fingerprint density at radius 3 is 2.82 bits per heavy atom. The van der Waals surface area contributed by atoms with Crippen LogP contribution in [0.2, 0.25) is 0 Å². The minimum atomic E-state index is -0.890. The summed E-state index contributed by atoms with van der Waals surface area (Å²) in [6.45, 7) is 2.67. The van der Waals surface area contributed by atoms with Gasteiger partial charge in [-0.1, -0.05) is 28.1 Å². The lowest BCUT2D eigenvalue weighted by molar-refractivity contribution is -0.139. The summed E-state index contributed by atoms with van der Waals surface area (Å²) < 4.78 is 11.8. The van der Waals surface area contributed by atoms with Crippen molar-refractivity contribution < 1.29 is 23.9 Å². The fourth-order valence-electron chi connectivity index (χ4n) is 3.12. The molecule has 0 unspecified atom stereocenters. The Kier molecular flexibility index (Phi) is 8.96. The highest BCUT2D eigenvalue weighted by Gasteiger charge is 2.19. The molecule has 0 radical (unpaired) electrons. The monoisotopic (exact) mass is 516 g/mol. The van der Waals surface area contributed by atoms with E-state index in [0.29, 0.717) is 23.6 Å². The van der Waals surface area contributed by atoms with Gasteiger partial charge in [0.15, 0.2) is 6.61 Å². The first-order valence-corrected chi connectivity index (χ1v) is 11.2. The molecule has 2 aromatic rings. The summed E-state index contributed by atoms with van der Waals surface area (Å²) in [7, 11) is 0. The number of halogens is 1. The van der Waals surface area contributed by atoms with Crippen molar-refractivity contribution in [3.05, 3.63) is 58.1 Å². The average molecular weight is 517 g/mol. The van der Waals surface area contributed by atoms with E-state index in [2.05, 4.69) is 37.1 Å². The van der Waals surface area contributed by atoms with Gasteiger partial charge >= 0.3 is 11.8 Å². The molecule has 3 rings (SSSR count).